The molecule has 0 spiro atoms. The summed E-state index contributed by atoms with van der Waals surface area (Å²) in [6.45, 7) is 7.26. The molecule has 0 N–H and O–H groups in total. The molecule has 1 unspecified atom stereocenters. The van der Waals surface area contributed by atoms with Gasteiger partial charge in [-0.15, -0.1) is 0 Å². The fraction of sp³-hybridized carbons (Fsp3) is 0.242. The highest BCUT2D eigenvalue weighted by Crippen LogP contribution is 2.44. The van der Waals surface area contributed by atoms with Crippen LogP contribution in [0.4, 0.5) is 11.4 Å². The Morgan fingerprint density at radius 2 is 1.42 bits per heavy atom. The quantitative estimate of drug-likeness (QED) is 0.301. The van der Waals surface area contributed by atoms with Gasteiger partial charge in [-0.3, -0.25) is 4.79 Å². The van der Waals surface area contributed by atoms with Crippen LogP contribution in [0.15, 0.2) is 97.1 Å². The Bertz CT molecular complexity index is 1360. The maximum atomic E-state index is 13.9. The number of anilines is 2. The summed E-state index contributed by atoms with van der Waals surface area (Å²) in [4.78, 5) is 17.9. The monoisotopic (exact) mass is 474 g/mol. The van der Waals surface area contributed by atoms with E-state index in [2.05, 4.69) is 105 Å². The molecule has 0 saturated carbocycles. The minimum absolute atomic E-state index is 0.116. The van der Waals surface area contributed by atoms with E-state index in [0.717, 1.165) is 39.2 Å². The second-order valence-electron chi connectivity index (χ2n) is 10.9. The molecule has 4 aromatic carbocycles. The Hall–Kier alpha value is -3.85. The van der Waals surface area contributed by atoms with E-state index in [4.69, 9.17) is 0 Å². The van der Waals surface area contributed by atoms with E-state index in [1.54, 1.807) is 0 Å². The second kappa shape index (κ2) is 9.31. The van der Waals surface area contributed by atoms with Crippen LogP contribution in [0.1, 0.15) is 48.9 Å². The summed E-state index contributed by atoms with van der Waals surface area (Å²) >= 11 is 0. The lowest BCUT2D eigenvalue weighted by molar-refractivity contribution is -0.118. The Balaban J connectivity index is 1.56. The van der Waals surface area contributed by atoms with Crippen molar-refractivity contribution in [1.82, 2.24) is 0 Å². The van der Waals surface area contributed by atoms with Gasteiger partial charge in [-0.1, -0.05) is 99.6 Å². The topological polar surface area (TPSA) is 23.6 Å². The Labute approximate surface area is 215 Å². The van der Waals surface area contributed by atoms with Gasteiger partial charge in [0.15, 0.2) is 0 Å². The predicted molar refractivity (Wildman–Crippen MR) is 151 cm³/mol. The standard InChI is InChI=1S/C33H34N2O/c1-33(2,3)27-16-11-24(12-17-27)26-15-20-29-30(21-26)35(22-23-9-7-6-8-10-23)32(36)31(29)25-13-18-28(19-14-25)34(4)5/h6-21,31H,22H2,1-5H3. The molecule has 5 rings (SSSR count). The Morgan fingerprint density at radius 1 is 0.778 bits per heavy atom. The van der Waals surface area contributed by atoms with Gasteiger partial charge in [0.2, 0.25) is 5.91 Å². The summed E-state index contributed by atoms with van der Waals surface area (Å²) < 4.78 is 0. The molecule has 0 bridgehead atoms. The van der Waals surface area contributed by atoms with Gasteiger partial charge in [-0.25, -0.2) is 0 Å². The zero-order chi connectivity index (χ0) is 25.4. The molecule has 1 aliphatic heterocycles. The first-order valence-electron chi connectivity index (χ1n) is 12.6. The first-order chi connectivity index (χ1) is 17.2. The van der Waals surface area contributed by atoms with Crippen LogP contribution < -0.4 is 9.80 Å². The van der Waals surface area contributed by atoms with Crippen molar-refractivity contribution in [3.8, 4) is 11.1 Å². The highest BCUT2D eigenvalue weighted by molar-refractivity contribution is 6.07. The summed E-state index contributed by atoms with van der Waals surface area (Å²) in [5.41, 5.74) is 9.08. The minimum atomic E-state index is -0.294. The van der Waals surface area contributed by atoms with E-state index >= 15 is 0 Å². The van der Waals surface area contributed by atoms with Crippen LogP contribution in [0, 0.1) is 0 Å². The largest absolute Gasteiger partial charge is 0.378 e. The van der Waals surface area contributed by atoms with Crippen LogP contribution >= 0.6 is 0 Å². The van der Waals surface area contributed by atoms with E-state index in [1.165, 1.54) is 5.56 Å². The molecule has 1 atom stereocenters. The second-order valence-corrected chi connectivity index (χ2v) is 10.9. The van der Waals surface area contributed by atoms with Gasteiger partial charge < -0.3 is 9.80 Å². The zero-order valence-electron chi connectivity index (χ0n) is 21.8. The number of fused-ring (bicyclic) bond motifs is 1. The third-order valence-electron chi connectivity index (χ3n) is 7.16. The number of carbonyl (C=O) groups excluding carboxylic acids is 1. The van der Waals surface area contributed by atoms with Crippen LogP contribution in [-0.4, -0.2) is 20.0 Å². The van der Waals surface area contributed by atoms with Crippen molar-refractivity contribution < 1.29 is 4.79 Å². The fourth-order valence-electron chi connectivity index (χ4n) is 4.99. The SMILES string of the molecule is CN(C)c1ccc(C2C(=O)N(Cc3ccccc3)c3cc(-c4ccc(C(C)(C)C)cc4)ccc32)cc1. The van der Waals surface area contributed by atoms with Gasteiger partial charge in [-0.05, 0) is 57.0 Å². The third-order valence-corrected chi connectivity index (χ3v) is 7.16. The zero-order valence-corrected chi connectivity index (χ0v) is 21.8. The summed E-state index contributed by atoms with van der Waals surface area (Å²) in [5, 5.41) is 0. The summed E-state index contributed by atoms with van der Waals surface area (Å²) in [5.74, 6) is -0.163. The Morgan fingerprint density at radius 3 is 2.03 bits per heavy atom. The van der Waals surface area contributed by atoms with E-state index in [9.17, 15) is 4.79 Å². The van der Waals surface area contributed by atoms with E-state index in [0.29, 0.717) is 6.54 Å². The van der Waals surface area contributed by atoms with E-state index < -0.39 is 0 Å². The average Bonchev–Trinajstić information content (AvgIpc) is 3.14. The van der Waals surface area contributed by atoms with Crippen molar-refractivity contribution in [2.24, 2.45) is 0 Å². The molecule has 1 aliphatic rings. The molecule has 1 amide bonds. The maximum Gasteiger partial charge on any atom is 0.239 e. The number of benzene rings is 4. The van der Waals surface area contributed by atoms with Gasteiger partial charge >= 0.3 is 0 Å². The summed E-state index contributed by atoms with van der Waals surface area (Å²) in [6.07, 6.45) is 0. The lowest BCUT2D eigenvalue weighted by Crippen LogP contribution is -2.28. The molecule has 0 aromatic heterocycles. The van der Waals surface area contributed by atoms with Crippen molar-refractivity contribution in [3.05, 3.63) is 119 Å². The number of hydrogen-bond acceptors (Lipinski definition) is 2. The molecule has 0 aliphatic carbocycles. The molecule has 0 fully saturated rings. The number of nitrogens with zero attached hydrogens (tertiary/aromatic N) is 2. The van der Waals surface area contributed by atoms with Gasteiger partial charge in [0.25, 0.3) is 0 Å². The molecule has 3 heteroatoms. The molecule has 182 valence electrons. The normalized spacial score (nSPS) is 15.2. The summed E-state index contributed by atoms with van der Waals surface area (Å²) in [7, 11) is 4.06. The molecule has 36 heavy (non-hydrogen) atoms. The fourth-order valence-corrected chi connectivity index (χ4v) is 4.99. The number of hydrogen-bond donors (Lipinski definition) is 0. The number of rotatable bonds is 5. The molecular formula is C33H34N2O. The predicted octanol–water partition coefficient (Wildman–Crippen LogP) is 7.40. The van der Waals surface area contributed by atoms with E-state index in [1.807, 2.05) is 37.2 Å². The van der Waals surface area contributed by atoms with Crippen LogP contribution in [-0.2, 0) is 16.8 Å². The first kappa shape index (κ1) is 23.9. The van der Waals surface area contributed by atoms with Crippen molar-refractivity contribution in [1.29, 1.82) is 0 Å². The van der Waals surface area contributed by atoms with Crippen LogP contribution in [0.3, 0.4) is 0 Å². The number of carbonyl (C=O) groups is 1. The van der Waals surface area contributed by atoms with Crippen molar-refractivity contribution >= 4 is 17.3 Å². The molecule has 4 aromatic rings. The van der Waals surface area contributed by atoms with Crippen molar-refractivity contribution in [2.75, 3.05) is 23.9 Å². The van der Waals surface area contributed by atoms with Crippen molar-refractivity contribution in [2.45, 2.75) is 38.6 Å². The minimum Gasteiger partial charge on any atom is -0.378 e. The highest BCUT2D eigenvalue weighted by Gasteiger charge is 2.38. The van der Waals surface area contributed by atoms with Crippen LogP contribution in [0.25, 0.3) is 11.1 Å². The van der Waals surface area contributed by atoms with Crippen LogP contribution in [0.5, 0.6) is 0 Å². The van der Waals surface area contributed by atoms with Gasteiger partial charge in [-0.2, -0.15) is 0 Å². The first-order valence-corrected chi connectivity index (χ1v) is 12.6. The third kappa shape index (κ3) is 4.54. The summed E-state index contributed by atoms with van der Waals surface area (Å²) in [6, 6.07) is 33.9. The lowest BCUT2D eigenvalue weighted by atomic mass is 9.86. The molecule has 3 nitrogen and oxygen atoms in total. The average molecular weight is 475 g/mol. The van der Waals surface area contributed by atoms with Crippen molar-refractivity contribution in [3.63, 3.8) is 0 Å². The van der Waals surface area contributed by atoms with E-state index in [-0.39, 0.29) is 17.2 Å². The van der Waals surface area contributed by atoms with Crippen LogP contribution in [0.2, 0.25) is 0 Å². The lowest BCUT2D eigenvalue weighted by Gasteiger charge is -2.20. The number of amides is 1. The smallest absolute Gasteiger partial charge is 0.239 e. The maximum absolute atomic E-state index is 13.9. The molecule has 1 heterocycles. The Kier molecular flexibility index (Phi) is 6.17. The molecule has 0 radical (unpaired) electrons. The highest BCUT2D eigenvalue weighted by atomic mass is 16.2. The molecule has 0 saturated heterocycles. The van der Waals surface area contributed by atoms with Gasteiger partial charge in [0.05, 0.1) is 12.5 Å². The molecular weight excluding hydrogens is 440 g/mol. The van der Waals surface area contributed by atoms with Gasteiger partial charge in [0, 0.05) is 25.5 Å². The van der Waals surface area contributed by atoms with Gasteiger partial charge in [0.1, 0.15) is 0 Å².